The van der Waals surface area contributed by atoms with Crippen molar-refractivity contribution < 1.29 is 9.59 Å². The highest BCUT2D eigenvalue weighted by Crippen LogP contribution is 2.21. The number of carbonyl (C=O) groups excluding carboxylic acids is 2. The number of nitrogens with zero attached hydrogens (tertiary/aromatic N) is 1. The second kappa shape index (κ2) is 8.89. The Balaban J connectivity index is 1.65. The van der Waals surface area contributed by atoms with Gasteiger partial charge < -0.3 is 15.6 Å². The molecule has 1 atom stereocenters. The molecule has 0 aliphatic rings. The number of rotatable bonds is 7. The maximum atomic E-state index is 12.4. The number of carbonyl (C=O) groups is 2. The number of amides is 2. The molecular formula is C21H23ClN4O2. The molecule has 0 saturated carbocycles. The van der Waals surface area contributed by atoms with Gasteiger partial charge in [-0.25, -0.2) is 4.98 Å². The first kappa shape index (κ1) is 19.9. The van der Waals surface area contributed by atoms with Crippen molar-refractivity contribution in [3.63, 3.8) is 0 Å². The van der Waals surface area contributed by atoms with Crippen molar-refractivity contribution in [1.82, 2.24) is 20.6 Å². The van der Waals surface area contributed by atoms with Crippen LogP contribution in [0.1, 0.15) is 42.5 Å². The van der Waals surface area contributed by atoms with Crippen molar-refractivity contribution >= 4 is 34.4 Å². The lowest BCUT2D eigenvalue weighted by Gasteiger charge is -2.19. The molecule has 3 N–H and O–H groups in total. The second-order valence-corrected chi connectivity index (χ2v) is 7.52. The number of aromatic nitrogens is 2. The molecule has 2 amide bonds. The van der Waals surface area contributed by atoms with Crippen molar-refractivity contribution in [2.45, 2.75) is 26.3 Å². The Morgan fingerprint density at radius 1 is 1.14 bits per heavy atom. The molecule has 0 bridgehead atoms. The van der Waals surface area contributed by atoms with E-state index >= 15 is 0 Å². The van der Waals surface area contributed by atoms with Crippen LogP contribution in [-0.2, 0) is 4.79 Å². The molecule has 7 heteroatoms. The Morgan fingerprint density at radius 3 is 2.64 bits per heavy atom. The molecular weight excluding hydrogens is 376 g/mol. The molecule has 1 unspecified atom stereocenters. The minimum absolute atomic E-state index is 0.125. The number of benzene rings is 2. The predicted molar refractivity (Wildman–Crippen MR) is 110 cm³/mol. The Bertz CT molecular complexity index is 950. The molecule has 0 radical (unpaired) electrons. The smallest absolute Gasteiger partial charge is 0.251 e. The van der Waals surface area contributed by atoms with E-state index in [1.54, 1.807) is 24.3 Å². The summed E-state index contributed by atoms with van der Waals surface area (Å²) in [7, 11) is 0. The zero-order valence-corrected chi connectivity index (χ0v) is 16.6. The summed E-state index contributed by atoms with van der Waals surface area (Å²) in [6, 6.07) is 14.1. The summed E-state index contributed by atoms with van der Waals surface area (Å²) in [4.78, 5) is 32.5. The summed E-state index contributed by atoms with van der Waals surface area (Å²) in [6.07, 6.45) is 0.730. The molecule has 3 rings (SSSR count). The lowest BCUT2D eigenvalue weighted by atomic mass is 10.0. The molecule has 1 aromatic heterocycles. The first-order valence-electron chi connectivity index (χ1n) is 9.20. The third kappa shape index (κ3) is 5.10. The average Bonchev–Trinajstić information content (AvgIpc) is 3.09. The number of H-pyrrole nitrogens is 1. The van der Waals surface area contributed by atoms with Gasteiger partial charge in [-0.15, -0.1) is 0 Å². The van der Waals surface area contributed by atoms with Gasteiger partial charge in [0.25, 0.3) is 5.91 Å². The number of hydrogen-bond acceptors (Lipinski definition) is 3. The van der Waals surface area contributed by atoms with Crippen molar-refractivity contribution in [3.05, 3.63) is 64.9 Å². The summed E-state index contributed by atoms with van der Waals surface area (Å²) >= 11 is 5.90. The van der Waals surface area contributed by atoms with E-state index in [0.29, 0.717) is 22.3 Å². The predicted octanol–water partition coefficient (Wildman–Crippen LogP) is 3.85. The maximum Gasteiger partial charge on any atom is 0.251 e. The fourth-order valence-electron chi connectivity index (χ4n) is 2.99. The van der Waals surface area contributed by atoms with Crippen LogP contribution in [0.5, 0.6) is 0 Å². The Morgan fingerprint density at radius 2 is 1.93 bits per heavy atom. The summed E-state index contributed by atoms with van der Waals surface area (Å²) in [5.74, 6) is 0.451. The standard InChI is InChI=1S/C21H23ClN4O2/c1-13(2)10-18(20-25-16-8-3-4-9-17(16)26-20)24-19(27)12-23-21(28)14-6-5-7-15(22)11-14/h3-9,11,13,18H,10,12H2,1-2H3,(H,23,28)(H,24,27)(H,25,26). The van der Waals surface area contributed by atoms with E-state index in [4.69, 9.17) is 11.6 Å². The maximum absolute atomic E-state index is 12.4. The number of fused-ring (bicyclic) bond motifs is 1. The van der Waals surface area contributed by atoms with Gasteiger partial charge in [0.05, 0.1) is 23.6 Å². The number of imidazole rings is 1. The van der Waals surface area contributed by atoms with Crippen molar-refractivity contribution in [1.29, 1.82) is 0 Å². The number of nitrogens with one attached hydrogen (secondary N) is 3. The van der Waals surface area contributed by atoms with E-state index in [9.17, 15) is 9.59 Å². The van der Waals surface area contributed by atoms with Gasteiger partial charge in [0, 0.05) is 10.6 Å². The Labute approximate surface area is 168 Å². The van der Waals surface area contributed by atoms with Crippen LogP contribution in [0.25, 0.3) is 11.0 Å². The largest absolute Gasteiger partial charge is 0.345 e. The van der Waals surface area contributed by atoms with Crippen molar-refractivity contribution in [2.75, 3.05) is 6.54 Å². The van der Waals surface area contributed by atoms with Crippen LogP contribution in [0, 0.1) is 5.92 Å². The normalized spacial score (nSPS) is 12.1. The molecule has 1 heterocycles. The SMILES string of the molecule is CC(C)CC(NC(=O)CNC(=O)c1cccc(Cl)c1)c1nc2ccccc2[nH]1. The molecule has 0 aliphatic carbocycles. The fraction of sp³-hybridized carbons (Fsp3) is 0.286. The fourth-order valence-corrected chi connectivity index (χ4v) is 3.18. The zero-order chi connectivity index (χ0) is 20.1. The van der Waals surface area contributed by atoms with Gasteiger partial charge in [-0.1, -0.05) is 43.6 Å². The van der Waals surface area contributed by atoms with Gasteiger partial charge in [-0.2, -0.15) is 0 Å². The van der Waals surface area contributed by atoms with E-state index in [-0.39, 0.29) is 24.4 Å². The molecule has 3 aromatic rings. The molecule has 0 saturated heterocycles. The van der Waals surface area contributed by atoms with Crippen LogP contribution in [0.15, 0.2) is 48.5 Å². The van der Waals surface area contributed by atoms with Crippen LogP contribution in [0.3, 0.4) is 0 Å². The Kier molecular flexibility index (Phi) is 6.31. The highest BCUT2D eigenvalue weighted by Gasteiger charge is 2.20. The first-order chi connectivity index (χ1) is 13.4. The number of halogens is 1. The third-order valence-corrected chi connectivity index (χ3v) is 4.51. The van der Waals surface area contributed by atoms with Gasteiger partial charge in [-0.3, -0.25) is 9.59 Å². The van der Waals surface area contributed by atoms with Crippen molar-refractivity contribution in [2.24, 2.45) is 5.92 Å². The number of aromatic amines is 1. The highest BCUT2D eigenvalue weighted by atomic mass is 35.5. The van der Waals surface area contributed by atoms with E-state index in [0.717, 1.165) is 17.5 Å². The number of para-hydroxylation sites is 2. The van der Waals surface area contributed by atoms with E-state index < -0.39 is 0 Å². The van der Waals surface area contributed by atoms with Gasteiger partial charge >= 0.3 is 0 Å². The van der Waals surface area contributed by atoms with Gasteiger partial charge in [0.1, 0.15) is 5.82 Å². The minimum Gasteiger partial charge on any atom is -0.345 e. The molecule has 2 aromatic carbocycles. The van der Waals surface area contributed by atoms with Crippen LogP contribution >= 0.6 is 11.6 Å². The lowest BCUT2D eigenvalue weighted by molar-refractivity contribution is -0.121. The first-order valence-corrected chi connectivity index (χ1v) is 9.58. The lowest BCUT2D eigenvalue weighted by Crippen LogP contribution is -2.39. The van der Waals surface area contributed by atoms with Crippen molar-refractivity contribution in [3.8, 4) is 0 Å². The topological polar surface area (TPSA) is 86.9 Å². The third-order valence-electron chi connectivity index (χ3n) is 4.28. The highest BCUT2D eigenvalue weighted by molar-refractivity contribution is 6.30. The van der Waals surface area contributed by atoms with Gasteiger partial charge in [0.15, 0.2) is 0 Å². The molecule has 6 nitrogen and oxygen atoms in total. The molecule has 0 spiro atoms. The zero-order valence-electron chi connectivity index (χ0n) is 15.8. The van der Waals surface area contributed by atoms with Crippen LogP contribution in [0.4, 0.5) is 0 Å². The second-order valence-electron chi connectivity index (χ2n) is 7.08. The van der Waals surface area contributed by atoms with E-state index in [1.165, 1.54) is 0 Å². The quantitative estimate of drug-likeness (QED) is 0.565. The molecule has 0 fully saturated rings. The molecule has 0 aliphatic heterocycles. The summed E-state index contributed by atoms with van der Waals surface area (Å²) in [6.45, 7) is 4.05. The van der Waals surface area contributed by atoms with E-state index in [1.807, 2.05) is 24.3 Å². The van der Waals surface area contributed by atoms with Crippen LogP contribution in [-0.4, -0.2) is 28.3 Å². The summed E-state index contributed by atoms with van der Waals surface area (Å²) in [5.41, 5.74) is 2.20. The van der Waals surface area contributed by atoms with E-state index in [2.05, 4.69) is 34.4 Å². The monoisotopic (exact) mass is 398 g/mol. The van der Waals surface area contributed by atoms with Gasteiger partial charge in [0.2, 0.25) is 5.91 Å². The van der Waals surface area contributed by atoms with Crippen LogP contribution < -0.4 is 10.6 Å². The van der Waals surface area contributed by atoms with Crippen LogP contribution in [0.2, 0.25) is 5.02 Å². The molecule has 146 valence electrons. The minimum atomic E-state index is -0.346. The number of hydrogen-bond donors (Lipinski definition) is 3. The average molecular weight is 399 g/mol. The summed E-state index contributed by atoms with van der Waals surface area (Å²) in [5, 5.41) is 6.06. The Hall–Kier alpha value is -2.86. The molecule has 28 heavy (non-hydrogen) atoms. The summed E-state index contributed by atoms with van der Waals surface area (Å²) < 4.78 is 0. The van der Waals surface area contributed by atoms with Gasteiger partial charge in [-0.05, 0) is 42.7 Å².